The van der Waals surface area contributed by atoms with Crippen LogP contribution >= 0.6 is 27.5 Å². The van der Waals surface area contributed by atoms with Crippen molar-refractivity contribution in [2.24, 2.45) is 0 Å². The predicted molar refractivity (Wildman–Crippen MR) is 86.4 cm³/mol. The first-order valence-electron chi connectivity index (χ1n) is 6.78. The fourth-order valence-electron chi connectivity index (χ4n) is 2.54. The lowest BCUT2D eigenvalue weighted by atomic mass is 10.2. The minimum atomic E-state index is 0.666. The smallest absolute Gasteiger partial charge is 0.163 e. The molecule has 0 spiro atoms. The van der Waals surface area contributed by atoms with Gasteiger partial charge < -0.3 is 5.32 Å². The maximum Gasteiger partial charge on any atom is 0.163 e. The second kappa shape index (κ2) is 5.70. The number of hydrogen-bond acceptors (Lipinski definition) is 3. The molecule has 0 bridgehead atoms. The Labute approximate surface area is 131 Å². The van der Waals surface area contributed by atoms with Crippen molar-refractivity contribution in [1.29, 1.82) is 0 Å². The van der Waals surface area contributed by atoms with E-state index in [0.29, 0.717) is 10.8 Å². The van der Waals surface area contributed by atoms with Crippen LogP contribution in [-0.2, 0) is 12.8 Å². The number of aromatic nitrogens is 2. The Kier molecular flexibility index (Phi) is 3.94. The van der Waals surface area contributed by atoms with Crippen LogP contribution in [0.5, 0.6) is 0 Å². The van der Waals surface area contributed by atoms with Gasteiger partial charge in [-0.3, -0.25) is 0 Å². The summed E-state index contributed by atoms with van der Waals surface area (Å²) in [6.07, 6.45) is 3.24. The van der Waals surface area contributed by atoms with E-state index in [9.17, 15) is 0 Å². The Hall–Kier alpha value is -1.13. The third-order valence-electron chi connectivity index (χ3n) is 3.45. The monoisotopic (exact) mass is 351 g/mol. The van der Waals surface area contributed by atoms with Crippen LogP contribution in [-0.4, -0.2) is 16.5 Å². The molecule has 2 aromatic rings. The summed E-state index contributed by atoms with van der Waals surface area (Å²) < 4.78 is 0.958. The number of hydrogen-bond donors (Lipinski definition) is 1. The van der Waals surface area contributed by atoms with Crippen LogP contribution in [0.3, 0.4) is 0 Å². The minimum absolute atomic E-state index is 0.666. The van der Waals surface area contributed by atoms with Crippen LogP contribution < -0.4 is 5.32 Å². The van der Waals surface area contributed by atoms with E-state index in [2.05, 4.69) is 33.2 Å². The summed E-state index contributed by atoms with van der Waals surface area (Å²) in [7, 11) is 0. The summed E-state index contributed by atoms with van der Waals surface area (Å²) in [5.41, 5.74) is 3.30. The fourth-order valence-corrected chi connectivity index (χ4v) is 3.30. The van der Waals surface area contributed by atoms with Gasteiger partial charge in [0.1, 0.15) is 5.82 Å². The number of fused-ring (bicyclic) bond motifs is 1. The third-order valence-corrected chi connectivity index (χ3v) is 4.26. The molecule has 5 heteroatoms. The van der Waals surface area contributed by atoms with Gasteiger partial charge in [0, 0.05) is 27.8 Å². The standard InChI is InChI=1S/C15H15BrClN3/c1-2-18-14-11-4-3-5-13(11)19-15(20-14)10-7-6-9(16)8-12(10)17/h6-8H,2-5H2,1H3,(H,18,19,20). The van der Waals surface area contributed by atoms with E-state index in [0.717, 1.165) is 47.4 Å². The highest BCUT2D eigenvalue weighted by Crippen LogP contribution is 2.33. The minimum Gasteiger partial charge on any atom is -0.370 e. The van der Waals surface area contributed by atoms with Crippen molar-refractivity contribution < 1.29 is 0 Å². The highest BCUT2D eigenvalue weighted by atomic mass is 79.9. The Bertz CT molecular complexity index is 658. The van der Waals surface area contributed by atoms with Gasteiger partial charge in [-0.15, -0.1) is 0 Å². The third kappa shape index (κ3) is 2.54. The molecule has 1 heterocycles. The summed E-state index contributed by atoms with van der Waals surface area (Å²) >= 11 is 9.73. The molecule has 104 valence electrons. The second-order valence-corrected chi connectivity index (χ2v) is 6.15. The van der Waals surface area contributed by atoms with Gasteiger partial charge in [0.2, 0.25) is 0 Å². The number of nitrogens with one attached hydrogen (secondary N) is 1. The first-order valence-corrected chi connectivity index (χ1v) is 7.95. The zero-order valence-corrected chi connectivity index (χ0v) is 13.6. The quantitative estimate of drug-likeness (QED) is 0.885. The van der Waals surface area contributed by atoms with Crippen LogP contribution in [0.4, 0.5) is 5.82 Å². The molecule has 0 atom stereocenters. The van der Waals surface area contributed by atoms with Gasteiger partial charge in [-0.2, -0.15) is 0 Å². The molecule has 20 heavy (non-hydrogen) atoms. The summed E-state index contributed by atoms with van der Waals surface area (Å²) in [6.45, 7) is 2.94. The molecular formula is C15H15BrClN3. The number of nitrogens with zero attached hydrogens (tertiary/aromatic N) is 2. The van der Waals surface area contributed by atoms with Crippen LogP contribution in [0.15, 0.2) is 22.7 Å². The van der Waals surface area contributed by atoms with Gasteiger partial charge in [-0.25, -0.2) is 9.97 Å². The lowest BCUT2D eigenvalue weighted by Gasteiger charge is -2.12. The zero-order chi connectivity index (χ0) is 14.1. The Morgan fingerprint density at radius 1 is 1.30 bits per heavy atom. The number of anilines is 1. The average Bonchev–Trinajstić information content (AvgIpc) is 2.87. The van der Waals surface area contributed by atoms with E-state index in [-0.39, 0.29) is 0 Å². The van der Waals surface area contributed by atoms with Gasteiger partial charge in [-0.05, 0) is 44.4 Å². The van der Waals surface area contributed by atoms with E-state index >= 15 is 0 Å². The van der Waals surface area contributed by atoms with Crippen LogP contribution in [0.1, 0.15) is 24.6 Å². The highest BCUT2D eigenvalue weighted by Gasteiger charge is 2.20. The topological polar surface area (TPSA) is 37.8 Å². The molecule has 1 aromatic heterocycles. The van der Waals surface area contributed by atoms with Gasteiger partial charge in [0.25, 0.3) is 0 Å². The highest BCUT2D eigenvalue weighted by molar-refractivity contribution is 9.10. The Balaban J connectivity index is 2.12. The maximum absolute atomic E-state index is 6.31. The molecule has 1 N–H and O–H groups in total. The molecule has 0 fully saturated rings. The van der Waals surface area contributed by atoms with Crippen LogP contribution in [0.2, 0.25) is 5.02 Å². The Morgan fingerprint density at radius 3 is 2.90 bits per heavy atom. The predicted octanol–water partition coefficient (Wildman–Crippen LogP) is 4.48. The first-order chi connectivity index (χ1) is 9.69. The molecule has 1 aliphatic carbocycles. The van der Waals surface area contributed by atoms with Crippen molar-refractivity contribution >= 4 is 33.3 Å². The number of benzene rings is 1. The SMILES string of the molecule is CCNc1nc(-c2ccc(Br)cc2Cl)nc2c1CCC2. The van der Waals surface area contributed by atoms with Crippen molar-refractivity contribution in [2.45, 2.75) is 26.2 Å². The lowest BCUT2D eigenvalue weighted by Crippen LogP contribution is -2.06. The fraction of sp³-hybridized carbons (Fsp3) is 0.333. The van der Waals surface area contributed by atoms with E-state index in [1.165, 1.54) is 5.56 Å². The molecule has 0 aliphatic heterocycles. The maximum atomic E-state index is 6.31. The number of rotatable bonds is 3. The summed E-state index contributed by atoms with van der Waals surface area (Å²) in [5.74, 6) is 1.67. The van der Waals surface area contributed by atoms with Crippen molar-refractivity contribution in [1.82, 2.24) is 9.97 Å². The van der Waals surface area contributed by atoms with Crippen LogP contribution in [0.25, 0.3) is 11.4 Å². The van der Waals surface area contributed by atoms with Crippen LogP contribution in [0, 0.1) is 0 Å². The van der Waals surface area contributed by atoms with Crippen molar-refractivity contribution in [3.63, 3.8) is 0 Å². The first kappa shape index (κ1) is 13.8. The molecule has 0 saturated carbocycles. The molecule has 3 rings (SSSR count). The van der Waals surface area contributed by atoms with Crippen molar-refractivity contribution in [3.8, 4) is 11.4 Å². The second-order valence-electron chi connectivity index (χ2n) is 4.83. The molecule has 3 nitrogen and oxygen atoms in total. The van der Waals surface area contributed by atoms with Gasteiger partial charge >= 0.3 is 0 Å². The largest absolute Gasteiger partial charge is 0.370 e. The summed E-state index contributed by atoms with van der Waals surface area (Å²) in [5, 5.41) is 4.01. The molecular weight excluding hydrogens is 338 g/mol. The Morgan fingerprint density at radius 2 is 2.15 bits per heavy atom. The van der Waals surface area contributed by atoms with E-state index in [1.54, 1.807) is 0 Å². The normalized spacial score (nSPS) is 13.3. The van der Waals surface area contributed by atoms with Gasteiger partial charge in [-0.1, -0.05) is 27.5 Å². The van der Waals surface area contributed by atoms with E-state index < -0.39 is 0 Å². The molecule has 0 radical (unpaired) electrons. The van der Waals surface area contributed by atoms with E-state index in [1.807, 2.05) is 18.2 Å². The molecule has 0 amide bonds. The molecule has 0 saturated heterocycles. The zero-order valence-electron chi connectivity index (χ0n) is 11.2. The molecule has 0 unspecified atom stereocenters. The lowest BCUT2D eigenvalue weighted by molar-refractivity contribution is 0.900. The number of aryl methyl sites for hydroxylation is 1. The van der Waals surface area contributed by atoms with E-state index in [4.69, 9.17) is 16.6 Å². The van der Waals surface area contributed by atoms with Gasteiger partial charge in [0.15, 0.2) is 5.82 Å². The molecule has 1 aromatic carbocycles. The van der Waals surface area contributed by atoms with Crippen molar-refractivity contribution in [2.75, 3.05) is 11.9 Å². The van der Waals surface area contributed by atoms with Crippen molar-refractivity contribution in [3.05, 3.63) is 39.0 Å². The van der Waals surface area contributed by atoms with Gasteiger partial charge in [0.05, 0.1) is 5.02 Å². The summed E-state index contributed by atoms with van der Waals surface area (Å²) in [4.78, 5) is 9.38. The molecule has 1 aliphatic rings. The number of halogens is 2. The summed E-state index contributed by atoms with van der Waals surface area (Å²) in [6, 6.07) is 5.80. The average molecular weight is 353 g/mol.